The topological polar surface area (TPSA) is 155 Å². The molecular weight excluding hydrogens is 689 g/mol. The number of ether oxygens (including phenoxy) is 2. The molecule has 0 spiro atoms. The van der Waals surface area contributed by atoms with E-state index < -0.39 is 42.3 Å². The minimum atomic E-state index is -1.07. The Morgan fingerprint density at radius 2 is 1.51 bits per heavy atom. The molecule has 5 rings (SSSR count). The normalized spacial score (nSPS) is 15.1. The van der Waals surface area contributed by atoms with Crippen molar-refractivity contribution in [2.24, 2.45) is 5.92 Å². The first-order valence-electron chi connectivity index (χ1n) is 17.2. The summed E-state index contributed by atoms with van der Waals surface area (Å²) in [6, 6.07) is 18.8. The Labute approximate surface area is 306 Å². The molecule has 1 fully saturated rings. The van der Waals surface area contributed by atoms with Gasteiger partial charge in [0.1, 0.15) is 19.3 Å². The highest BCUT2D eigenvalue weighted by molar-refractivity contribution is 7.13. The lowest BCUT2D eigenvalue weighted by Crippen LogP contribution is -2.56. The summed E-state index contributed by atoms with van der Waals surface area (Å²) in [5, 5.41) is 23.1. The van der Waals surface area contributed by atoms with Gasteiger partial charge in [0.05, 0.1) is 22.7 Å². The van der Waals surface area contributed by atoms with Crippen molar-refractivity contribution in [2.75, 3.05) is 18.0 Å². The maximum absolute atomic E-state index is 13.8. The van der Waals surface area contributed by atoms with Crippen molar-refractivity contribution in [1.82, 2.24) is 25.3 Å². The van der Waals surface area contributed by atoms with Gasteiger partial charge in [0, 0.05) is 30.7 Å². The minimum Gasteiger partial charge on any atom is -0.444 e. The maximum atomic E-state index is 13.8. The summed E-state index contributed by atoms with van der Waals surface area (Å²) in [6.45, 7) is 5.68. The lowest BCUT2D eigenvalue weighted by Gasteiger charge is -2.30. The van der Waals surface area contributed by atoms with Gasteiger partial charge in [-0.2, -0.15) is 0 Å². The number of alkyl carbamates (subject to hydrolysis) is 2. The van der Waals surface area contributed by atoms with Gasteiger partial charge in [0.2, 0.25) is 5.91 Å². The molecule has 272 valence electrons. The van der Waals surface area contributed by atoms with Crippen LogP contribution in [0, 0.1) is 5.92 Å². The van der Waals surface area contributed by atoms with Crippen LogP contribution in [0.1, 0.15) is 54.8 Å². The molecule has 0 unspecified atom stereocenters. The molecule has 1 aliphatic rings. The van der Waals surface area contributed by atoms with Crippen molar-refractivity contribution in [3.63, 3.8) is 0 Å². The van der Waals surface area contributed by atoms with Gasteiger partial charge in [0.15, 0.2) is 5.13 Å². The zero-order valence-electron chi connectivity index (χ0n) is 28.9. The number of hydrogen-bond donors (Lipinski definition) is 4. The molecule has 0 bridgehead atoms. The van der Waals surface area contributed by atoms with E-state index in [4.69, 9.17) is 9.47 Å². The van der Waals surface area contributed by atoms with E-state index >= 15 is 0 Å². The van der Waals surface area contributed by atoms with E-state index in [-0.39, 0.29) is 25.6 Å². The van der Waals surface area contributed by atoms with Crippen LogP contribution in [0.5, 0.6) is 0 Å². The first-order chi connectivity index (χ1) is 24.7. The maximum Gasteiger partial charge on any atom is 0.408 e. The summed E-state index contributed by atoms with van der Waals surface area (Å²) in [4.78, 5) is 47.2. The Morgan fingerprint density at radius 1 is 0.863 bits per heavy atom. The van der Waals surface area contributed by atoms with Gasteiger partial charge in [-0.15, -0.1) is 11.3 Å². The van der Waals surface area contributed by atoms with Crippen LogP contribution >= 0.6 is 22.9 Å². The molecule has 0 saturated carbocycles. The van der Waals surface area contributed by atoms with Gasteiger partial charge in [-0.1, -0.05) is 74.5 Å². The second-order valence-electron chi connectivity index (χ2n) is 13.0. The monoisotopic (exact) mass is 734 g/mol. The molecule has 4 aromatic rings. The predicted molar refractivity (Wildman–Crippen MR) is 198 cm³/mol. The molecule has 3 heterocycles. The molecule has 1 aliphatic heterocycles. The second kappa shape index (κ2) is 19.2. The van der Waals surface area contributed by atoms with Gasteiger partial charge in [-0.3, -0.25) is 4.79 Å². The zero-order valence-corrected chi connectivity index (χ0v) is 30.5. The van der Waals surface area contributed by atoms with Crippen LogP contribution in [-0.2, 0) is 40.3 Å². The fourth-order valence-electron chi connectivity index (χ4n) is 5.89. The Hall–Kier alpha value is -4.53. The predicted octanol–water partition coefficient (Wildman–Crippen LogP) is 5.47. The molecule has 4 N–H and O–H groups in total. The van der Waals surface area contributed by atoms with Crippen molar-refractivity contribution in [1.29, 1.82) is 0 Å². The van der Waals surface area contributed by atoms with Crippen molar-refractivity contribution < 1.29 is 29.0 Å². The van der Waals surface area contributed by atoms with Gasteiger partial charge in [-0.25, -0.2) is 18.9 Å². The molecule has 2 aromatic heterocycles. The van der Waals surface area contributed by atoms with Crippen LogP contribution in [0.2, 0.25) is 0 Å². The van der Waals surface area contributed by atoms with Crippen LogP contribution in [0.15, 0.2) is 78.3 Å². The SMILES string of the molecule is CC(C)[C@H](NC(=O)OCc1csc(N2CCCC2)n1)C(=O)N[C@@H](Cc1ccccc1)[C@@H](O)C[C@H](Cc1ccccc1)NC(=O)OCc1ccns1. The lowest BCUT2D eigenvalue weighted by molar-refractivity contribution is -0.125. The number of aliphatic hydroxyl groups is 1. The standard InChI is InChI=1S/C37H46N6O6S2/c1-25(2)33(42-37(47)48-22-29-24-50-35(39-29)43-17-9-10-18-43)34(45)41-31(20-27-13-7-4-8-14-27)32(44)21-28(19-26-11-5-3-6-12-26)40-36(46)49-23-30-15-16-38-51-30/h3-8,11-16,24-25,28,31-33,44H,9-10,17-23H2,1-2H3,(H,40,46)(H,41,45)(H,42,47)/t28-,31-,32-,33-/m0/s1. The van der Waals surface area contributed by atoms with E-state index in [1.807, 2.05) is 79.9 Å². The van der Waals surface area contributed by atoms with E-state index in [2.05, 4.69) is 30.2 Å². The Morgan fingerprint density at radius 3 is 2.16 bits per heavy atom. The Bertz CT molecular complexity index is 1650. The van der Waals surface area contributed by atoms with Crippen LogP contribution in [-0.4, -0.2) is 69.9 Å². The number of carbonyl (C=O) groups excluding carboxylic acids is 3. The van der Waals surface area contributed by atoms with Gasteiger partial charge >= 0.3 is 12.2 Å². The Balaban J connectivity index is 1.23. The number of nitrogens with one attached hydrogen (secondary N) is 3. The number of anilines is 1. The summed E-state index contributed by atoms with van der Waals surface area (Å²) in [5.74, 6) is -0.739. The summed E-state index contributed by atoms with van der Waals surface area (Å²) in [5.41, 5.74) is 2.52. The molecule has 51 heavy (non-hydrogen) atoms. The molecule has 2 aromatic carbocycles. The summed E-state index contributed by atoms with van der Waals surface area (Å²) in [6.07, 6.45) is 2.38. The largest absolute Gasteiger partial charge is 0.444 e. The third-order valence-corrected chi connectivity index (χ3v) is 10.3. The molecule has 0 aliphatic carbocycles. The van der Waals surface area contributed by atoms with Crippen molar-refractivity contribution in [2.45, 2.75) is 83.4 Å². The lowest BCUT2D eigenvalue weighted by atomic mass is 9.93. The quantitative estimate of drug-likeness (QED) is 0.111. The third-order valence-electron chi connectivity index (χ3n) is 8.59. The number of hydrogen-bond acceptors (Lipinski definition) is 11. The molecule has 14 heteroatoms. The van der Waals surface area contributed by atoms with E-state index in [9.17, 15) is 19.5 Å². The molecule has 4 atom stereocenters. The highest BCUT2D eigenvalue weighted by Gasteiger charge is 2.31. The van der Waals surface area contributed by atoms with Crippen molar-refractivity contribution in [3.8, 4) is 0 Å². The smallest absolute Gasteiger partial charge is 0.408 e. The van der Waals surface area contributed by atoms with Gasteiger partial charge < -0.3 is 35.4 Å². The number of aromatic nitrogens is 2. The first-order valence-corrected chi connectivity index (χ1v) is 18.9. The molecule has 12 nitrogen and oxygen atoms in total. The van der Waals surface area contributed by atoms with Crippen molar-refractivity contribution in [3.05, 3.63) is 100 Å². The average Bonchev–Trinajstić information content (AvgIpc) is 3.93. The highest BCUT2D eigenvalue weighted by atomic mass is 32.1. The number of benzene rings is 2. The number of nitrogens with zero attached hydrogens (tertiary/aromatic N) is 3. The number of aliphatic hydroxyl groups excluding tert-OH is 1. The third kappa shape index (κ3) is 12.0. The zero-order chi connectivity index (χ0) is 36.0. The molecule has 0 radical (unpaired) electrons. The van der Waals surface area contributed by atoms with E-state index in [1.165, 1.54) is 22.9 Å². The number of amides is 3. The van der Waals surface area contributed by atoms with E-state index in [1.54, 1.807) is 12.3 Å². The first kappa shape index (κ1) is 37.7. The average molecular weight is 735 g/mol. The van der Waals surface area contributed by atoms with Crippen LogP contribution in [0.4, 0.5) is 14.7 Å². The number of rotatable bonds is 17. The fraction of sp³-hybridized carbons (Fsp3) is 0.432. The Kier molecular flexibility index (Phi) is 14.2. The second-order valence-corrected chi connectivity index (χ2v) is 14.7. The number of carbonyl (C=O) groups is 3. The molecule has 1 saturated heterocycles. The molecule has 3 amide bonds. The van der Waals surface area contributed by atoms with Crippen molar-refractivity contribution >= 4 is 46.1 Å². The van der Waals surface area contributed by atoms with Gasteiger partial charge in [0.25, 0.3) is 0 Å². The van der Waals surface area contributed by atoms with Crippen LogP contribution in [0.3, 0.4) is 0 Å². The van der Waals surface area contributed by atoms with Crippen LogP contribution < -0.4 is 20.9 Å². The summed E-state index contributed by atoms with van der Waals surface area (Å²) in [7, 11) is 0. The summed E-state index contributed by atoms with van der Waals surface area (Å²) < 4.78 is 14.9. The van der Waals surface area contributed by atoms with Gasteiger partial charge in [-0.05, 0) is 66.7 Å². The minimum absolute atomic E-state index is 0.0135. The number of thiazole rings is 1. The van der Waals surface area contributed by atoms with Crippen LogP contribution in [0.25, 0.3) is 0 Å². The highest BCUT2D eigenvalue weighted by Crippen LogP contribution is 2.24. The summed E-state index contributed by atoms with van der Waals surface area (Å²) >= 11 is 2.77. The fourth-order valence-corrected chi connectivity index (χ4v) is 7.25. The van der Waals surface area contributed by atoms with E-state index in [0.29, 0.717) is 18.5 Å². The molecular formula is C37H46N6O6S2. The van der Waals surface area contributed by atoms with E-state index in [0.717, 1.165) is 47.1 Å².